The van der Waals surface area contributed by atoms with E-state index in [1.165, 1.54) is 9.47 Å². The van der Waals surface area contributed by atoms with Gasteiger partial charge in [0.25, 0.3) is 11.5 Å². The van der Waals surface area contributed by atoms with Crippen LogP contribution < -0.4 is 16.6 Å². The molecule has 1 atom stereocenters. The second-order valence-electron chi connectivity index (χ2n) is 8.27. The van der Waals surface area contributed by atoms with Gasteiger partial charge in [-0.2, -0.15) is 0 Å². The summed E-state index contributed by atoms with van der Waals surface area (Å²) in [7, 11) is 1.57. The van der Waals surface area contributed by atoms with Crippen LogP contribution in [-0.4, -0.2) is 49.5 Å². The van der Waals surface area contributed by atoms with Gasteiger partial charge in [-0.25, -0.2) is 4.98 Å². The number of carboxylic acids is 1. The third-order valence-corrected chi connectivity index (χ3v) is 5.93. The first-order chi connectivity index (χ1) is 16.2. The van der Waals surface area contributed by atoms with E-state index >= 15 is 0 Å². The highest BCUT2D eigenvalue weighted by molar-refractivity contribution is 5.94. The van der Waals surface area contributed by atoms with Crippen LogP contribution in [0.1, 0.15) is 66.4 Å². The van der Waals surface area contributed by atoms with Gasteiger partial charge in [-0.15, -0.1) is 0 Å². The van der Waals surface area contributed by atoms with Gasteiger partial charge in [0.2, 0.25) is 11.7 Å². The molecule has 3 rings (SSSR count). The Labute approximate surface area is 196 Å². The van der Waals surface area contributed by atoms with Crippen molar-refractivity contribution in [2.75, 3.05) is 12.8 Å². The summed E-state index contributed by atoms with van der Waals surface area (Å²) < 4.78 is 1.31. The number of carbonyl (C=O) groups is 3. The normalized spacial score (nSPS) is 15.1. The Morgan fingerprint density at radius 1 is 1.24 bits per heavy atom. The Bertz CT molecular complexity index is 1150. The van der Waals surface area contributed by atoms with Crippen LogP contribution in [0.4, 0.5) is 5.69 Å². The van der Waals surface area contributed by atoms with Crippen LogP contribution in [0.3, 0.4) is 0 Å². The van der Waals surface area contributed by atoms with Crippen LogP contribution in [0.2, 0.25) is 0 Å². The van der Waals surface area contributed by atoms with E-state index in [0.29, 0.717) is 37.1 Å². The van der Waals surface area contributed by atoms with E-state index in [9.17, 15) is 24.3 Å². The van der Waals surface area contributed by atoms with Crippen molar-refractivity contribution >= 4 is 23.5 Å². The average molecular weight is 472 g/mol. The zero-order chi connectivity index (χ0) is 24.8. The number of aromatic nitrogens is 2. The number of hydrogen-bond acceptors (Lipinski definition) is 7. The zero-order valence-corrected chi connectivity index (χ0v) is 19.0. The minimum absolute atomic E-state index is 0.0352. The number of nitrogens with zero attached hydrogens (tertiary/aromatic N) is 3. The SMILES string of the molecule is CN(C(=O)CCCC(=O)O)C1CCCCn2c1nc(C(=O)NCc1ccccc1N)c(O)c2=O. The van der Waals surface area contributed by atoms with E-state index in [0.717, 1.165) is 0 Å². The highest BCUT2D eigenvalue weighted by atomic mass is 16.4. The van der Waals surface area contributed by atoms with Crippen molar-refractivity contribution in [3.05, 3.63) is 51.7 Å². The number of carbonyl (C=O) groups excluding carboxylic acids is 2. The first-order valence-electron chi connectivity index (χ1n) is 11.1. The van der Waals surface area contributed by atoms with Gasteiger partial charge in [0.15, 0.2) is 5.69 Å². The van der Waals surface area contributed by atoms with Crippen LogP contribution in [0, 0.1) is 0 Å². The molecule has 0 fully saturated rings. The number of fused-ring (bicyclic) bond motifs is 1. The van der Waals surface area contributed by atoms with Crippen LogP contribution >= 0.6 is 0 Å². The molecular formula is C23H29N5O6. The van der Waals surface area contributed by atoms with E-state index in [2.05, 4.69) is 10.3 Å². The molecule has 5 N–H and O–H groups in total. The summed E-state index contributed by atoms with van der Waals surface area (Å²) in [4.78, 5) is 55.0. The molecule has 1 aromatic heterocycles. The molecule has 0 bridgehead atoms. The quantitative estimate of drug-likeness (QED) is 0.419. The number of aliphatic carboxylic acids is 1. The molecule has 0 saturated heterocycles. The molecule has 1 aliphatic rings. The maximum Gasteiger partial charge on any atom is 0.303 e. The summed E-state index contributed by atoms with van der Waals surface area (Å²) in [6.45, 7) is 0.380. The van der Waals surface area contributed by atoms with Crippen LogP contribution in [-0.2, 0) is 22.7 Å². The van der Waals surface area contributed by atoms with Gasteiger partial charge in [-0.05, 0) is 37.3 Å². The first kappa shape index (κ1) is 24.7. The van der Waals surface area contributed by atoms with Gasteiger partial charge in [0.05, 0.1) is 6.04 Å². The van der Waals surface area contributed by atoms with Gasteiger partial charge >= 0.3 is 5.97 Å². The molecule has 1 aromatic carbocycles. The lowest BCUT2D eigenvalue weighted by molar-refractivity contribution is -0.137. The molecule has 2 aromatic rings. The number of nitrogens with one attached hydrogen (secondary N) is 1. The van der Waals surface area contributed by atoms with Crippen molar-refractivity contribution in [1.29, 1.82) is 0 Å². The van der Waals surface area contributed by atoms with Crippen molar-refractivity contribution in [3.63, 3.8) is 0 Å². The zero-order valence-electron chi connectivity index (χ0n) is 19.0. The van der Waals surface area contributed by atoms with Crippen LogP contribution in [0.25, 0.3) is 0 Å². The van der Waals surface area contributed by atoms with Crippen LogP contribution in [0.5, 0.6) is 5.75 Å². The smallest absolute Gasteiger partial charge is 0.303 e. The Morgan fingerprint density at radius 2 is 1.97 bits per heavy atom. The Hall–Kier alpha value is -3.89. The lowest BCUT2D eigenvalue weighted by Gasteiger charge is -2.28. The predicted molar refractivity (Wildman–Crippen MR) is 123 cm³/mol. The average Bonchev–Trinajstić information content (AvgIpc) is 3.02. The third-order valence-electron chi connectivity index (χ3n) is 5.93. The number of para-hydroxylation sites is 1. The summed E-state index contributed by atoms with van der Waals surface area (Å²) in [5.41, 5.74) is 5.91. The molecule has 11 heteroatoms. The number of amides is 2. The van der Waals surface area contributed by atoms with Gasteiger partial charge in [0.1, 0.15) is 5.82 Å². The molecule has 182 valence electrons. The maximum atomic E-state index is 12.9. The standard InChI is InChI=1S/C23H29N5O6/c1-27(17(29)10-6-11-18(30)31)16-9-4-5-12-28-21(16)26-19(20(32)23(28)34)22(33)25-13-14-7-2-3-8-15(14)24/h2-3,7-8,16,32H,4-6,9-13,24H2,1H3,(H,25,33)(H,30,31). The number of nitrogen functional groups attached to an aromatic ring is 1. The molecule has 0 aliphatic carbocycles. The first-order valence-corrected chi connectivity index (χ1v) is 11.1. The van der Waals surface area contributed by atoms with Crippen molar-refractivity contribution < 1.29 is 24.6 Å². The van der Waals surface area contributed by atoms with E-state index in [-0.39, 0.29) is 37.5 Å². The molecule has 11 nitrogen and oxygen atoms in total. The molecule has 0 saturated carbocycles. The Kier molecular flexibility index (Phi) is 7.87. The number of nitrogens with two attached hydrogens (primary N) is 1. The second-order valence-corrected chi connectivity index (χ2v) is 8.27. The molecule has 1 unspecified atom stereocenters. The molecule has 2 amide bonds. The molecule has 2 heterocycles. The summed E-state index contributed by atoms with van der Waals surface area (Å²) in [5, 5.41) is 21.9. The number of carboxylic acid groups (broad SMARTS) is 1. The van der Waals surface area contributed by atoms with Crippen molar-refractivity contribution in [3.8, 4) is 5.75 Å². The number of anilines is 1. The number of aromatic hydroxyl groups is 1. The minimum Gasteiger partial charge on any atom is -0.501 e. The van der Waals surface area contributed by atoms with Gasteiger partial charge < -0.3 is 26.2 Å². The predicted octanol–water partition coefficient (Wildman–Crippen LogP) is 1.40. The van der Waals surface area contributed by atoms with Gasteiger partial charge in [-0.1, -0.05) is 18.2 Å². The second kappa shape index (κ2) is 10.8. The highest BCUT2D eigenvalue weighted by Crippen LogP contribution is 2.29. The Balaban J connectivity index is 1.88. The summed E-state index contributed by atoms with van der Waals surface area (Å²) >= 11 is 0. The highest BCUT2D eigenvalue weighted by Gasteiger charge is 2.31. The molecule has 0 spiro atoms. The van der Waals surface area contributed by atoms with Crippen molar-refractivity contribution in [1.82, 2.24) is 19.8 Å². The topological polar surface area (TPSA) is 168 Å². The molecule has 0 radical (unpaired) electrons. The van der Waals surface area contributed by atoms with Gasteiger partial charge in [0, 0.05) is 38.7 Å². The van der Waals surface area contributed by atoms with Crippen LogP contribution in [0.15, 0.2) is 29.1 Å². The summed E-state index contributed by atoms with van der Waals surface area (Å²) in [6.07, 6.45) is 1.97. The molecule has 34 heavy (non-hydrogen) atoms. The fourth-order valence-electron chi connectivity index (χ4n) is 3.99. The minimum atomic E-state index is -0.980. The fraction of sp³-hybridized carbons (Fsp3) is 0.435. The monoisotopic (exact) mass is 471 g/mol. The maximum absolute atomic E-state index is 12.9. The number of rotatable bonds is 8. The fourth-order valence-corrected chi connectivity index (χ4v) is 3.99. The van der Waals surface area contributed by atoms with Crippen molar-refractivity contribution in [2.24, 2.45) is 0 Å². The van der Waals surface area contributed by atoms with E-state index in [1.807, 2.05) is 0 Å². The van der Waals surface area contributed by atoms with Crippen molar-refractivity contribution in [2.45, 2.75) is 57.7 Å². The lowest BCUT2D eigenvalue weighted by Crippen LogP contribution is -2.37. The molecule has 1 aliphatic heterocycles. The van der Waals surface area contributed by atoms with E-state index < -0.39 is 34.9 Å². The third kappa shape index (κ3) is 5.53. The lowest BCUT2D eigenvalue weighted by atomic mass is 10.1. The number of benzene rings is 1. The summed E-state index contributed by atoms with van der Waals surface area (Å²) in [5.74, 6) is -2.53. The van der Waals surface area contributed by atoms with Gasteiger partial charge in [-0.3, -0.25) is 23.7 Å². The largest absolute Gasteiger partial charge is 0.501 e. The molecular weight excluding hydrogens is 442 g/mol. The number of hydrogen-bond donors (Lipinski definition) is 4. The summed E-state index contributed by atoms with van der Waals surface area (Å²) in [6, 6.07) is 6.39. The van der Waals surface area contributed by atoms with E-state index in [4.69, 9.17) is 10.8 Å². The Morgan fingerprint density at radius 3 is 2.68 bits per heavy atom. The van der Waals surface area contributed by atoms with E-state index in [1.54, 1.807) is 31.3 Å².